The molecule has 0 amide bonds. The van der Waals surface area contributed by atoms with Crippen LogP contribution in [0.1, 0.15) is 36.8 Å². The summed E-state index contributed by atoms with van der Waals surface area (Å²) in [6, 6.07) is 1.88. The van der Waals surface area contributed by atoms with Gasteiger partial charge in [-0.3, -0.25) is 4.79 Å². The SMILES string of the molecule is CC1(C(=O)O)C=CC(C2CC2)=C(C(=O)O)C1c1ccc(F)cc1C(F)(F)F. The van der Waals surface area contributed by atoms with Crippen LogP contribution in [0.5, 0.6) is 0 Å². The summed E-state index contributed by atoms with van der Waals surface area (Å²) >= 11 is 0. The summed E-state index contributed by atoms with van der Waals surface area (Å²) in [6.45, 7) is 1.17. The summed E-state index contributed by atoms with van der Waals surface area (Å²) in [5.41, 5.74) is -3.90. The van der Waals surface area contributed by atoms with Gasteiger partial charge in [0.05, 0.1) is 11.0 Å². The highest BCUT2D eigenvalue weighted by Crippen LogP contribution is 2.53. The zero-order valence-electron chi connectivity index (χ0n) is 14.2. The first-order valence-corrected chi connectivity index (χ1v) is 8.23. The lowest BCUT2D eigenvalue weighted by atomic mass is 9.64. The van der Waals surface area contributed by atoms with E-state index >= 15 is 0 Å². The number of halogens is 4. The van der Waals surface area contributed by atoms with Crippen LogP contribution in [-0.2, 0) is 15.8 Å². The van der Waals surface area contributed by atoms with E-state index in [0.717, 1.165) is 12.1 Å². The smallest absolute Gasteiger partial charge is 0.416 e. The van der Waals surface area contributed by atoms with Crippen LogP contribution < -0.4 is 0 Å². The lowest BCUT2D eigenvalue weighted by Crippen LogP contribution is -2.39. The molecule has 0 bridgehead atoms. The molecule has 0 spiro atoms. The predicted octanol–water partition coefficient (Wildman–Crippen LogP) is 4.38. The van der Waals surface area contributed by atoms with Gasteiger partial charge in [0.15, 0.2) is 0 Å². The predicted molar refractivity (Wildman–Crippen MR) is 86.4 cm³/mol. The Morgan fingerprint density at radius 1 is 1.19 bits per heavy atom. The van der Waals surface area contributed by atoms with Gasteiger partial charge in [0.25, 0.3) is 0 Å². The molecular formula is C19H16F4O4. The molecule has 1 aromatic carbocycles. The Morgan fingerprint density at radius 2 is 1.81 bits per heavy atom. The molecule has 0 aliphatic heterocycles. The highest BCUT2D eigenvalue weighted by Gasteiger charge is 2.51. The van der Waals surface area contributed by atoms with Crippen LogP contribution in [0.25, 0.3) is 0 Å². The first-order valence-electron chi connectivity index (χ1n) is 8.23. The number of rotatable bonds is 4. The largest absolute Gasteiger partial charge is 0.481 e. The molecule has 2 unspecified atom stereocenters. The van der Waals surface area contributed by atoms with Gasteiger partial charge in [0, 0.05) is 11.5 Å². The zero-order valence-corrected chi connectivity index (χ0v) is 14.2. The number of carboxylic acids is 2. The van der Waals surface area contributed by atoms with Crippen molar-refractivity contribution in [1.29, 1.82) is 0 Å². The summed E-state index contributed by atoms with van der Waals surface area (Å²) in [7, 11) is 0. The quantitative estimate of drug-likeness (QED) is 0.756. The van der Waals surface area contributed by atoms with Crippen molar-refractivity contribution < 1.29 is 37.4 Å². The van der Waals surface area contributed by atoms with Crippen molar-refractivity contribution in [2.75, 3.05) is 0 Å². The normalized spacial score (nSPS) is 25.6. The molecule has 4 nitrogen and oxygen atoms in total. The van der Waals surface area contributed by atoms with Crippen molar-refractivity contribution in [3.63, 3.8) is 0 Å². The molecule has 1 fully saturated rings. The minimum absolute atomic E-state index is 0.122. The molecule has 0 radical (unpaired) electrons. The van der Waals surface area contributed by atoms with E-state index < -0.39 is 46.4 Å². The van der Waals surface area contributed by atoms with Crippen LogP contribution in [0.2, 0.25) is 0 Å². The van der Waals surface area contributed by atoms with Gasteiger partial charge in [-0.15, -0.1) is 0 Å². The highest BCUT2D eigenvalue weighted by molar-refractivity contribution is 5.94. The topological polar surface area (TPSA) is 74.6 Å². The molecule has 2 N–H and O–H groups in total. The maximum atomic E-state index is 13.5. The van der Waals surface area contributed by atoms with E-state index in [0.29, 0.717) is 18.4 Å². The van der Waals surface area contributed by atoms with Gasteiger partial charge in [0.1, 0.15) is 5.82 Å². The second-order valence-corrected chi connectivity index (χ2v) is 7.03. The van der Waals surface area contributed by atoms with Gasteiger partial charge in [-0.25, -0.2) is 9.18 Å². The average Bonchev–Trinajstić information content (AvgIpc) is 3.38. The van der Waals surface area contributed by atoms with Crippen LogP contribution in [0.3, 0.4) is 0 Å². The van der Waals surface area contributed by atoms with Gasteiger partial charge in [-0.2, -0.15) is 13.2 Å². The van der Waals surface area contributed by atoms with Crippen molar-refractivity contribution in [2.45, 2.75) is 31.9 Å². The van der Waals surface area contributed by atoms with Gasteiger partial charge in [-0.05, 0) is 49.0 Å². The van der Waals surface area contributed by atoms with E-state index in [9.17, 15) is 37.4 Å². The number of hydrogen-bond donors (Lipinski definition) is 2. The fourth-order valence-corrected chi connectivity index (χ4v) is 3.61. The molecule has 8 heteroatoms. The first-order chi connectivity index (χ1) is 12.5. The molecule has 1 aromatic rings. The van der Waals surface area contributed by atoms with Crippen molar-refractivity contribution in [3.8, 4) is 0 Å². The molecule has 3 rings (SSSR count). The molecule has 144 valence electrons. The zero-order chi connectivity index (χ0) is 20.1. The van der Waals surface area contributed by atoms with Crippen LogP contribution in [0, 0.1) is 17.2 Å². The number of alkyl halides is 3. The van der Waals surface area contributed by atoms with Crippen molar-refractivity contribution in [2.24, 2.45) is 11.3 Å². The molecule has 0 aromatic heterocycles. The Hall–Kier alpha value is -2.64. The van der Waals surface area contributed by atoms with E-state index in [1.54, 1.807) is 0 Å². The lowest BCUT2D eigenvalue weighted by Gasteiger charge is -2.37. The fourth-order valence-electron chi connectivity index (χ4n) is 3.61. The molecular weight excluding hydrogens is 368 g/mol. The monoisotopic (exact) mass is 384 g/mol. The third kappa shape index (κ3) is 3.24. The van der Waals surface area contributed by atoms with E-state index in [1.165, 1.54) is 19.1 Å². The molecule has 2 aliphatic rings. The Balaban J connectivity index is 2.33. The number of allylic oxidation sites excluding steroid dienone is 2. The number of carboxylic acid groups (broad SMARTS) is 2. The van der Waals surface area contributed by atoms with E-state index in [4.69, 9.17) is 0 Å². The summed E-state index contributed by atoms with van der Waals surface area (Å²) in [6.07, 6.45) is -0.974. The average molecular weight is 384 g/mol. The van der Waals surface area contributed by atoms with Crippen LogP contribution in [-0.4, -0.2) is 22.2 Å². The maximum absolute atomic E-state index is 13.5. The Morgan fingerprint density at radius 3 is 2.30 bits per heavy atom. The van der Waals surface area contributed by atoms with Gasteiger partial charge >= 0.3 is 18.1 Å². The fraction of sp³-hybridized carbons (Fsp3) is 0.368. The standard InChI is InChI=1S/C19H16F4O4/c1-18(17(26)27)7-6-11(9-2-3-9)14(16(24)25)15(18)12-5-4-10(20)8-13(12)19(21,22)23/h4-9,15H,2-3H2,1H3,(H,24,25)(H,26,27). The van der Waals surface area contributed by atoms with E-state index in [1.807, 2.05) is 0 Å². The lowest BCUT2D eigenvalue weighted by molar-refractivity contribution is -0.148. The van der Waals surface area contributed by atoms with Gasteiger partial charge in [0.2, 0.25) is 0 Å². The molecule has 2 aliphatic carbocycles. The molecule has 1 saturated carbocycles. The molecule has 2 atom stereocenters. The first kappa shape index (κ1) is 19.1. The van der Waals surface area contributed by atoms with E-state index in [-0.39, 0.29) is 17.6 Å². The van der Waals surface area contributed by atoms with E-state index in [2.05, 4.69) is 0 Å². The van der Waals surface area contributed by atoms with Crippen LogP contribution >= 0.6 is 0 Å². The maximum Gasteiger partial charge on any atom is 0.416 e. The molecule has 27 heavy (non-hydrogen) atoms. The minimum atomic E-state index is -4.97. The van der Waals surface area contributed by atoms with Gasteiger partial charge in [-0.1, -0.05) is 18.2 Å². The summed E-state index contributed by atoms with van der Waals surface area (Å²) in [4.78, 5) is 23.9. The number of carbonyl (C=O) groups is 2. The Bertz CT molecular complexity index is 880. The van der Waals surface area contributed by atoms with Crippen LogP contribution in [0.4, 0.5) is 17.6 Å². The summed E-state index contributed by atoms with van der Waals surface area (Å²) in [5, 5.41) is 19.4. The third-order valence-electron chi connectivity index (χ3n) is 5.15. The van der Waals surface area contributed by atoms with Crippen LogP contribution in [0.15, 0.2) is 41.5 Å². The molecule has 0 heterocycles. The summed E-state index contributed by atoms with van der Waals surface area (Å²) < 4.78 is 54.1. The third-order valence-corrected chi connectivity index (χ3v) is 5.15. The molecule has 0 saturated heterocycles. The van der Waals surface area contributed by atoms with Gasteiger partial charge < -0.3 is 10.2 Å². The number of hydrogen-bond acceptors (Lipinski definition) is 2. The summed E-state index contributed by atoms with van der Waals surface area (Å²) in [5.74, 6) is -5.81. The number of benzene rings is 1. The second kappa shape index (κ2) is 6.21. The number of aliphatic carboxylic acids is 2. The second-order valence-electron chi connectivity index (χ2n) is 7.03. The van der Waals surface area contributed by atoms with Crippen molar-refractivity contribution >= 4 is 11.9 Å². The Kier molecular flexibility index (Phi) is 4.40. The highest BCUT2D eigenvalue weighted by atomic mass is 19.4. The van der Waals surface area contributed by atoms with Crippen molar-refractivity contribution in [3.05, 3.63) is 58.4 Å². The van der Waals surface area contributed by atoms with Crippen molar-refractivity contribution in [1.82, 2.24) is 0 Å². The Labute approximate surface area is 151 Å². The minimum Gasteiger partial charge on any atom is -0.481 e.